The van der Waals surface area contributed by atoms with Gasteiger partial charge in [0.25, 0.3) is 0 Å². The normalized spacial score (nSPS) is 10.9. The van der Waals surface area contributed by atoms with Gasteiger partial charge in [0, 0.05) is 15.4 Å². The van der Waals surface area contributed by atoms with Crippen molar-refractivity contribution in [2.75, 3.05) is 6.61 Å². The number of nitrogens with zero attached hydrogens (tertiary/aromatic N) is 1. The number of unbranched alkanes of at least 4 members (excludes halogenated alkanes) is 1. The molecule has 136 valence electrons. The third-order valence-electron chi connectivity index (χ3n) is 4.15. The Morgan fingerprint density at radius 3 is 2.73 bits per heavy atom. The van der Waals surface area contributed by atoms with Crippen LogP contribution in [-0.2, 0) is 6.61 Å². The van der Waals surface area contributed by atoms with E-state index in [1.807, 2.05) is 31.2 Å². The Balaban J connectivity index is 1.94. The van der Waals surface area contributed by atoms with Crippen molar-refractivity contribution < 1.29 is 13.9 Å². The van der Waals surface area contributed by atoms with Crippen molar-refractivity contribution in [2.24, 2.45) is 0 Å². The fourth-order valence-corrected chi connectivity index (χ4v) is 3.08. The van der Waals surface area contributed by atoms with E-state index < -0.39 is 0 Å². The average molecular weight is 418 g/mol. The third-order valence-corrected chi connectivity index (χ3v) is 4.64. The second-order valence-electron chi connectivity index (χ2n) is 6.12. The van der Waals surface area contributed by atoms with Gasteiger partial charge < -0.3 is 9.47 Å². The van der Waals surface area contributed by atoms with Crippen molar-refractivity contribution in [3.63, 3.8) is 0 Å². The van der Waals surface area contributed by atoms with Crippen molar-refractivity contribution in [1.82, 2.24) is 4.98 Å². The zero-order chi connectivity index (χ0) is 18.5. The predicted octanol–water partition coefficient (Wildman–Crippen LogP) is 6.20. The van der Waals surface area contributed by atoms with Crippen molar-refractivity contribution in [2.45, 2.75) is 33.3 Å². The summed E-state index contributed by atoms with van der Waals surface area (Å²) in [6, 6.07) is 12.2. The number of benzene rings is 2. The summed E-state index contributed by atoms with van der Waals surface area (Å²) in [6.45, 7) is 4.97. The standard InChI is InChI=1S/C21H21BrFNO2/c1-3-4-10-25-21-14(2)20(13-26-17-7-5-6-15(22)11-17)24-19-9-8-16(23)12-18(19)21/h5-9,11-12H,3-4,10,13H2,1-2H3. The highest BCUT2D eigenvalue weighted by atomic mass is 79.9. The third kappa shape index (κ3) is 4.33. The molecule has 3 rings (SSSR count). The van der Waals surface area contributed by atoms with E-state index in [0.29, 0.717) is 29.9 Å². The molecule has 0 N–H and O–H groups in total. The van der Waals surface area contributed by atoms with Gasteiger partial charge in [0.05, 0.1) is 17.8 Å². The van der Waals surface area contributed by atoms with E-state index in [-0.39, 0.29) is 5.82 Å². The van der Waals surface area contributed by atoms with Crippen molar-refractivity contribution in [3.05, 3.63) is 64.0 Å². The molecule has 26 heavy (non-hydrogen) atoms. The van der Waals surface area contributed by atoms with Crippen LogP contribution in [0.3, 0.4) is 0 Å². The summed E-state index contributed by atoms with van der Waals surface area (Å²) in [7, 11) is 0. The highest BCUT2D eigenvalue weighted by Crippen LogP contribution is 2.32. The van der Waals surface area contributed by atoms with Gasteiger partial charge in [-0.25, -0.2) is 9.37 Å². The predicted molar refractivity (Wildman–Crippen MR) is 105 cm³/mol. The minimum atomic E-state index is -0.294. The summed E-state index contributed by atoms with van der Waals surface area (Å²) in [5, 5.41) is 0.699. The summed E-state index contributed by atoms with van der Waals surface area (Å²) < 4.78 is 26.6. The number of rotatable bonds is 7. The largest absolute Gasteiger partial charge is 0.493 e. The van der Waals surface area contributed by atoms with Gasteiger partial charge in [0.1, 0.15) is 23.9 Å². The molecule has 1 heterocycles. The van der Waals surface area contributed by atoms with Gasteiger partial charge in [0.15, 0.2) is 0 Å². The van der Waals surface area contributed by atoms with Gasteiger partial charge in [-0.3, -0.25) is 0 Å². The molecule has 0 radical (unpaired) electrons. The number of hydrogen-bond acceptors (Lipinski definition) is 3. The second-order valence-corrected chi connectivity index (χ2v) is 7.04. The van der Waals surface area contributed by atoms with Gasteiger partial charge in [-0.2, -0.15) is 0 Å². The number of fused-ring (bicyclic) bond motifs is 1. The Bertz CT molecular complexity index is 914. The number of aromatic nitrogens is 1. The number of ether oxygens (including phenoxy) is 2. The molecule has 0 atom stereocenters. The van der Waals surface area contributed by atoms with Crippen molar-refractivity contribution in [3.8, 4) is 11.5 Å². The Morgan fingerprint density at radius 2 is 1.96 bits per heavy atom. The molecule has 0 aliphatic carbocycles. The average Bonchev–Trinajstić information content (AvgIpc) is 2.62. The quantitative estimate of drug-likeness (QED) is 0.428. The SMILES string of the molecule is CCCCOc1c(C)c(COc2cccc(Br)c2)nc2ccc(F)cc12. The molecule has 0 fully saturated rings. The maximum absolute atomic E-state index is 13.7. The maximum Gasteiger partial charge on any atom is 0.133 e. The van der Waals surface area contributed by atoms with Crippen LogP contribution in [-0.4, -0.2) is 11.6 Å². The van der Waals surface area contributed by atoms with E-state index >= 15 is 0 Å². The van der Waals surface area contributed by atoms with Gasteiger partial charge >= 0.3 is 0 Å². The molecule has 0 amide bonds. The zero-order valence-corrected chi connectivity index (χ0v) is 16.5. The molecule has 5 heteroatoms. The molecule has 0 saturated heterocycles. The van der Waals surface area contributed by atoms with Crippen LogP contribution in [0.15, 0.2) is 46.9 Å². The molecule has 0 spiro atoms. The number of halogens is 2. The van der Waals surface area contributed by atoms with Gasteiger partial charge in [-0.15, -0.1) is 0 Å². The summed E-state index contributed by atoms with van der Waals surface area (Å²) in [4.78, 5) is 4.66. The molecular weight excluding hydrogens is 397 g/mol. The molecule has 3 aromatic rings. The van der Waals surface area contributed by atoms with E-state index in [9.17, 15) is 4.39 Å². The molecule has 0 bridgehead atoms. The lowest BCUT2D eigenvalue weighted by molar-refractivity contribution is 0.293. The Labute approximate surface area is 161 Å². The van der Waals surface area contributed by atoms with E-state index in [2.05, 4.69) is 27.8 Å². The van der Waals surface area contributed by atoms with Crippen LogP contribution in [0.2, 0.25) is 0 Å². The Hall–Kier alpha value is -2.14. The van der Waals surface area contributed by atoms with Gasteiger partial charge in [0.2, 0.25) is 0 Å². The molecule has 0 aliphatic rings. The van der Waals surface area contributed by atoms with Crippen molar-refractivity contribution in [1.29, 1.82) is 0 Å². The summed E-state index contributed by atoms with van der Waals surface area (Å²) in [5.74, 6) is 1.15. The first kappa shape index (κ1) is 18.6. The molecular formula is C21H21BrFNO2. The lowest BCUT2D eigenvalue weighted by Gasteiger charge is -2.16. The first-order chi connectivity index (χ1) is 12.6. The smallest absolute Gasteiger partial charge is 0.133 e. The van der Waals surface area contributed by atoms with E-state index in [1.165, 1.54) is 12.1 Å². The van der Waals surface area contributed by atoms with Crippen LogP contribution < -0.4 is 9.47 Å². The summed E-state index contributed by atoms with van der Waals surface area (Å²) in [6.07, 6.45) is 1.98. The number of pyridine rings is 1. The molecule has 0 unspecified atom stereocenters. The Kier molecular flexibility index (Phi) is 6.09. The van der Waals surface area contributed by atoms with Gasteiger partial charge in [-0.05, 0) is 49.7 Å². The topological polar surface area (TPSA) is 31.4 Å². The van der Waals surface area contributed by atoms with E-state index in [4.69, 9.17) is 9.47 Å². The van der Waals surface area contributed by atoms with E-state index in [0.717, 1.165) is 34.3 Å². The van der Waals surface area contributed by atoms with Gasteiger partial charge in [-0.1, -0.05) is 35.3 Å². The molecule has 1 aromatic heterocycles. The van der Waals surface area contributed by atoms with Crippen LogP contribution in [0.5, 0.6) is 11.5 Å². The van der Waals surface area contributed by atoms with Crippen LogP contribution in [0.4, 0.5) is 4.39 Å². The first-order valence-electron chi connectivity index (χ1n) is 8.68. The number of hydrogen-bond donors (Lipinski definition) is 0. The monoisotopic (exact) mass is 417 g/mol. The lowest BCUT2D eigenvalue weighted by atomic mass is 10.1. The second kappa shape index (κ2) is 8.49. The zero-order valence-electron chi connectivity index (χ0n) is 14.9. The minimum Gasteiger partial charge on any atom is -0.493 e. The lowest BCUT2D eigenvalue weighted by Crippen LogP contribution is -2.06. The van der Waals surface area contributed by atoms with Crippen LogP contribution >= 0.6 is 15.9 Å². The molecule has 2 aromatic carbocycles. The summed E-state index contributed by atoms with van der Waals surface area (Å²) in [5.41, 5.74) is 2.38. The fraction of sp³-hybridized carbons (Fsp3) is 0.286. The first-order valence-corrected chi connectivity index (χ1v) is 9.47. The molecule has 0 saturated carbocycles. The fourth-order valence-electron chi connectivity index (χ4n) is 2.70. The summed E-state index contributed by atoms with van der Waals surface area (Å²) >= 11 is 3.44. The van der Waals surface area contributed by atoms with Crippen LogP contribution in [0.1, 0.15) is 31.0 Å². The minimum absolute atomic E-state index is 0.294. The Morgan fingerprint density at radius 1 is 1.12 bits per heavy atom. The van der Waals surface area contributed by atoms with Crippen LogP contribution in [0, 0.1) is 12.7 Å². The highest BCUT2D eigenvalue weighted by molar-refractivity contribution is 9.10. The van der Waals surface area contributed by atoms with Crippen LogP contribution in [0.25, 0.3) is 10.9 Å². The van der Waals surface area contributed by atoms with Crippen molar-refractivity contribution >= 4 is 26.8 Å². The van der Waals surface area contributed by atoms with E-state index in [1.54, 1.807) is 6.07 Å². The molecule has 0 aliphatic heterocycles. The maximum atomic E-state index is 13.7. The highest BCUT2D eigenvalue weighted by Gasteiger charge is 2.14. The molecule has 3 nitrogen and oxygen atoms in total.